The number of rotatable bonds is 7. The normalized spacial score (nSPS) is 11.6. The van der Waals surface area contributed by atoms with Gasteiger partial charge in [0, 0.05) is 11.8 Å². The Morgan fingerprint density at radius 3 is 2.41 bits per heavy atom. The monoisotopic (exact) mass is 380 g/mol. The summed E-state index contributed by atoms with van der Waals surface area (Å²) in [4.78, 5) is 28.8. The van der Waals surface area contributed by atoms with Gasteiger partial charge in [-0.25, -0.2) is 4.98 Å². The molecule has 0 spiro atoms. The van der Waals surface area contributed by atoms with E-state index in [1.807, 2.05) is 60.7 Å². The lowest BCUT2D eigenvalue weighted by molar-refractivity contribution is -0.141. The Hall–Kier alpha value is -2.99. The van der Waals surface area contributed by atoms with Crippen molar-refractivity contribution in [2.75, 3.05) is 7.11 Å². The molecule has 0 bridgehead atoms. The highest BCUT2D eigenvalue weighted by Crippen LogP contribution is 2.19. The summed E-state index contributed by atoms with van der Waals surface area (Å²) in [7, 11) is 1.34. The molecule has 27 heavy (non-hydrogen) atoms. The number of ether oxygens (including phenoxy) is 1. The van der Waals surface area contributed by atoms with Crippen molar-refractivity contribution >= 4 is 23.2 Å². The number of nitrogens with one attached hydrogen (secondary N) is 1. The molecule has 2 aromatic carbocycles. The van der Waals surface area contributed by atoms with Crippen molar-refractivity contribution in [2.24, 2.45) is 0 Å². The van der Waals surface area contributed by atoms with Crippen LogP contribution in [0.4, 0.5) is 0 Å². The van der Waals surface area contributed by atoms with Crippen LogP contribution < -0.4 is 5.32 Å². The van der Waals surface area contributed by atoms with Crippen LogP contribution in [-0.4, -0.2) is 24.0 Å². The molecule has 1 unspecified atom stereocenters. The molecule has 3 aromatic rings. The summed E-state index contributed by atoms with van der Waals surface area (Å²) in [6.45, 7) is 0. The molecule has 5 nitrogen and oxygen atoms in total. The Morgan fingerprint density at radius 2 is 1.74 bits per heavy atom. The van der Waals surface area contributed by atoms with Gasteiger partial charge in [-0.3, -0.25) is 9.59 Å². The lowest BCUT2D eigenvalue weighted by atomic mass is 10.0. The molecule has 0 radical (unpaired) electrons. The average molecular weight is 380 g/mol. The maximum Gasteiger partial charge on any atom is 0.307 e. The van der Waals surface area contributed by atoms with E-state index in [-0.39, 0.29) is 18.3 Å². The molecule has 0 aliphatic carbocycles. The van der Waals surface area contributed by atoms with Crippen molar-refractivity contribution in [1.82, 2.24) is 10.3 Å². The molecule has 3 rings (SSSR count). The molecule has 0 aliphatic rings. The molecule has 6 heteroatoms. The molecule has 0 saturated heterocycles. The van der Waals surface area contributed by atoms with E-state index in [2.05, 4.69) is 10.3 Å². The highest BCUT2D eigenvalue weighted by Gasteiger charge is 2.21. The lowest BCUT2D eigenvalue weighted by Crippen LogP contribution is -2.30. The van der Waals surface area contributed by atoms with Gasteiger partial charge in [0.25, 0.3) is 5.91 Å². The van der Waals surface area contributed by atoms with Gasteiger partial charge in [-0.05, 0) is 11.1 Å². The van der Waals surface area contributed by atoms with Crippen LogP contribution >= 0.6 is 11.3 Å². The maximum absolute atomic E-state index is 12.6. The van der Waals surface area contributed by atoms with E-state index in [0.29, 0.717) is 12.1 Å². The van der Waals surface area contributed by atoms with Gasteiger partial charge in [-0.1, -0.05) is 60.7 Å². The van der Waals surface area contributed by atoms with Gasteiger partial charge in [0.15, 0.2) is 0 Å². The summed E-state index contributed by atoms with van der Waals surface area (Å²) >= 11 is 1.45. The largest absolute Gasteiger partial charge is 0.469 e. The number of benzene rings is 2. The van der Waals surface area contributed by atoms with Gasteiger partial charge < -0.3 is 10.1 Å². The average Bonchev–Trinajstić information content (AvgIpc) is 3.17. The molecule has 1 amide bonds. The number of esters is 1. The standard InChI is InChI=1S/C21H20N2O3S/c1-26-20(24)13-17(16-10-6-3-7-11-16)23-21(25)18-14-27-19(22-18)12-15-8-4-2-5-9-15/h2-11,14,17H,12-13H2,1H3,(H,23,25). The molecule has 0 saturated carbocycles. The zero-order valence-electron chi connectivity index (χ0n) is 14.9. The third kappa shape index (κ3) is 5.24. The summed E-state index contributed by atoms with van der Waals surface area (Å²) < 4.78 is 4.76. The quantitative estimate of drug-likeness (QED) is 0.634. The summed E-state index contributed by atoms with van der Waals surface area (Å²) in [5.74, 6) is -0.685. The smallest absolute Gasteiger partial charge is 0.307 e. The minimum Gasteiger partial charge on any atom is -0.469 e. The Morgan fingerprint density at radius 1 is 1.07 bits per heavy atom. The van der Waals surface area contributed by atoms with E-state index in [9.17, 15) is 9.59 Å². The van der Waals surface area contributed by atoms with Crippen molar-refractivity contribution in [3.8, 4) is 0 Å². The zero-order chi connectivity index (χ0) is 19.1. The van der Waals surface area contributed by atoms with Crippen molar-refractivity contribution in [3.05, 3.63) is 87.9 Å². The summed E-state index contributed by atoms with van der Waals surface area (Å²) in [6.07, 6.45) is 0.746. The van der Waals surface area contributed by atoms with Gasteiger partial charge in [0.05, 0.1) is 24.6 Å². The third-order valence-corrected chi connectivity index (χ3v) is 4.94. The van der Waals surface area contributed by atoms with Crippen LogP contribution in [0.5, 0.6) is 0 Å². The van der Waals surface area contributed by atoms with Crippen LogP contribution in [0.2, 0.25) is 0 Å². The van der Waals surface area contributed by atoms with Crippen LogP contribution in [0.3, 0.4) is 0 Å². The Balaban J connectivity index is 1.71. The van der Waals surface area contributed by atoms with Crippen molar-refractivity contribution in [2.45, 2.75) is 18.9 Å². The number of thiazole rings is 1. The Kier molecular flexibility index (Phi) is 6.33. The summed E-state index contributed by atoms with van der Waals surface area (Å²) in [5.41, 5.74) is 2.35. The second-order valence-corrected chi connectivity index (χ2v) is 6.95. The van der Waals surface area contributed by atoms with Gasteiger partial charge in [0.2, 0.25) is 0 Å². The van der Waals surface area contributed by atoms with E-state index < -0.39 is 6.04 Å². The van der Waals surface area contributed by atoms with E-state index in [4.69, 9.17) is 4.74 Å². The van der Waals surface area contributed by atoms with Crippen molar-refractivity contribution in [3.63, 3.8) is 0 Å². The van der Waals surface area contributed by atoms with Gasteiger partial charge in [-0.15, -0.1) is 11.3 Å². The van der Waals surface area contributed by atoms with Crippen molar-refractivity contribution < 1.29 is 14.3 Å². The molecule has 1 aromatic heterocycles. The Labute approximate surface area is 162 Å². The molecule has 0 aliphatic heterocycles. The number of methoxy groups -OCH3 is 1. The fourth-order valence-corrected chi connectivity index (χ4v) is 3.50. The molecule has 1 heterocycles. The SMILES string of the molecule is COC(=O)CC(NC(=O)c1csc(Cc2ccccc2)n1)c1ccccc1. The highest BCUT2D eigenvalue weighted by molar-refractivity contribution is 7.09. The van der Waals surface area contributed by atoms with E-state index in [1.54, 1.807) is 5.38 Å². The number of amides is 1. The van der Waals surface area contributed by atoms with Crippen LogP contribution in [0.15, 0.2) is 66.0 Å². The predicted octanol–water partition coefficient (Wildman–Crippen LogP) is 3.77. The predicted molar refractivity (Wildman–Crippen MR) is 105 cm³/mol. The summed E-state index contributed by atoms with van der Waals surface area (Å²) in [5, 5.41) is 5.51. The second kappa shape index (κ2) is 9.09. The molecular weight excluding hydrogens is 360 g/mol. The summed E-state index contributed by atoms with van der Waals surface area (Å²) in [6, 6.07) is 18.9. The molecular formula is C21H20N2O3S. The molecule has 1 atom stereocenters. The number of carbonyl (C=O) groups excluding carboxylic acids is 2. The molecule has 1 N–H and O–H groups in total. The maximum atomic E-state index is 12.6. The minimum absolute atomic E-state index is 0.0628. The lowest BCUT2D eigenvalue weighted by Gasteiger charge is -2.17. The van der Waals surface area contributed by atoms with E-state index in [1.165, 1.54) is 18.4 Å². The first-order valence-corrected chi connectivity index (χ1v) is 9.44. The second-order valence-electron chi connectivity index (χ2n) is 6.01. The van der Waals surface area contributed by atoms with E-state index >= 15 is 0 Å². The number of nitrogens with zero attached hydrogens (tertiary/aromatic N) is 1. The Bertz CT molecular complexity index is 894. The first-order chi connectivity index (χ1) is 13.2. The number of hydrogen-bond donors (Lipinski definition) is 1. The first-order valence-electron chi connectivity index (χ1n) is 8.56. The first kappa shape index (κ1) is 18.8. The number of hydrogen-bond acceptors (Lipinski definition) is 5. The van der Waals surface area contributed by atoms with Crippen LogP contribution in [0, 0.1) is 0 Å². The molecule has 138 valence electrons. The van der Waals surface area contributed by atoms with Crippen LogP contribution in [0.25, 0.3) is 0 Å². The van der Waals surface area contributed by atoms with Crippen LogP contribution in [0.1, 0.15) is 39.1 Å². The third-order valence-electron chi connectivity index (χ3n) is 4.09. The fourth-order valence-electron chi connectivity index (χ4n) is 2.69. The topological polar surface area (TPSA) is 68.3 Å². The fraction of sp³-hybridized carbons (Fsp3) is 0.190. The molecule has 0 fully saturated rings. The highest BCUT2D eigenvalue weighted by atomic mass is 32.1. The number of aromatic nitrogens is 1. The van der Waals surface area contributed by atoms with E-state index in [0.717, 1.165) is 16.1 Å². The van der Waals surface area contributed by atoms with Gasteiger partial charge in [0.1, 0.15) is 5.69 Å². The van der Waals surface area contributed by atoms with Crippen molar-refractivity contribution in [1.29, 1.82) is 0 Å². The van der Waals surface area contributed by atoms with Gasteiger partial charge >= 0.3 is 5.97 Å². The zero-order valence-corrected chi connectivity index (χ0v) is 15.7. The van der Waals surface area contributed by atoms with Crippen LogP contribution in [-0.2, 0) is 16.0 Å². The van der Waals surface area contributed by atoms with Gasteiger partial charge in [-0.2, -0.15) is 0 Å². The number of carbonyl (C=O) groups is 2. The minimum atomic E-state index is -0.467.